The van der Waals surface area contributed by atoms with Gasteiger partial charge in [0.2, 0.25) is 0 Å². The molecule has 2 aromatic carbocycles. The zero-order chi connectivity index (χ0) is 19.2. The van der Waals surface area contributed by atoms with Gasteiger partial charge in [-0.3, -0.25) is 4.79 Å². The summed E-state index contributed by atoms with van der Waals surface area (Å²) in [5.74, 6) is 1.13. The molecule has 0 radical (unpaired) electrons. The summed E-state index contributed by atoms with van der Waals surface area (Å²) in [5.41, 5.74) is 1.60. The highest BCUT2D eigenvalue weighted by atomic mass is 16.5. The second-order valence-corrected chi connectivity index (χ2v) is 5.67. The maximum atomic E-state index is 12.2. The molecule has 0 atom stereocenters. The summed E-state index contributed by atoms with van der Waals surface area (Å²) in [6.45, 7) is 0. The Labute approximate surface area is 156 Å². The fourth-order valence-corrected chi connectivity index (χ4v) is 2.58. The minimum atomic E-state index is -0.436. The van der Waals surface area contributed by atoms with Gasteiger partial charge in [0.25, 0.3) is 0 Å². The van der Waals surface area contributed by atoms with Gasteiger partial charge in [-0.2, -0.15) is 0 Å². The molecule has 136 valence electrons. The van der Waals surface area contributed by atoms with Crippen molar-refractivity contribution in [2.24, 2.45) is 0 Å². The molecule has 1 heterocycles. The number of esters is 1. The molecular formula is C22H18O5. The number of hydrogen-bond donors (Lipinski definition) is 0. The van der Waals surface area contributed by atoms with E-state index in [0.717, 1.165) is 0 Å². The Kier molecular flexibility index (Phi) is 5.52. The molecule has 0 saturated carbocycles. The third-order valence-corrected chi connectivity index (χ3v) is 4.00. The van der Waals surface area contributed by atoms with Crippen LogP contribution in [-0.2, 0) is 4.74 Å². The zero-order valence-corrected chi connectivity index (χ0v) is 15.0. The molecule has 0 aliphatic rings. The van der Waals surface area contributed by atoms with E-state index in [1.165, 1.54) is 13.2 Å². The Bertz CT molecular complexity index is 980. The molecular weight excluding hydrogens is 344 g/mol. The standard InChI is InChI=1S/C22H18O5/c1-25-16-9-7-15(8-10-16)20(23)13-11-17-12-14-21(27-17)18-5-3-4-6-19(18)22(24)26-2/h3-14H,1-2H3/b13-11+. The zero-order valence-electron chi connectivity index (χ0n) is 15.0. The van der Waals surface area contributed by atoms with E-state index in [1.807, 2.05) is 6.07 Å². The van der Waals surface area contributed by atoms with E-state index >= 15 is 0 Å². The number of carbonyl (C=O) groups excluding carboxylic acids is 2. The molecule has 0 unspecified atom stereocenters. The predicted molar refractivity (Wildman–Crippen MR) is 102 cm³/mol. The summed E-state index contributed by atoms with van der Waals surface area (Å²) in [5, 5.41) is 0. The quantitative estimate of drug-likeness (QED) is 0.363. The maximum absolute atomic E-state index is 12.2. The largest absolute Gasteiger partial charge is 0.497 e. The van der Waals surface area contributed by atoms with Gasteiger partial charge in [-0.15, -0.1) is 0 Å². The topological polar surface area (TPSA) is 65.7 Å². The van der Waals surface area contributed by atoms with Gasteiger partial charge in [0.1, 0.15) is 17.3 Å². The SMILES string of the molecule is COC(=O)c1ccccc1-c1ccc(/C=C/C(=O)c2ccc(OC)cc2)o1. The van der Waals surface area contributed by atoms with E-state index in [4.69, 9.17) is 13.9 Å². The van der Waals surface area contributed by atoms with Crippen molar-refractivity contribution < 1.29 is 23.5 Å². The van der Waals surface area contributed by atoms with E-state index in [0.29, 0.717) is 34.0 Å². The summed E-state index contributed by atoms with van der Waals surface area (Å²) in [6, 6.07) is 17.4. The number of methoxy groups -OCH3 is 2. The van der Waals surface area contributed by atoms with Crippen LogP contribution >= 0.6 is 0 Å². The van der Waals surface area contributed by atoms with Gasteiger partial charge in [-0.05, 0) is 54.6 Å². The van der Waals surface area contributed by atoms with E-state index < -0.39 is 5.97 Å². The van der Waals surface area contributed by atoms with Crippen molar-refractivity contribution in [3.05, 3.63) is 83.6 Å². The molecule has 0 bridgehead atoms. The summed E-state index contributed by atoms with van der Waals surface area (Å²) < 4.78 is 15.6. The number of rotatable bonds is 6. The van der Waals surface area contributed by atoms with Crippen molar-refractivity contribution in [1.82, 2.24) is 0 Å². The summed E-state index contributed by atoms with van der Waals surface area (Å²) in [7, 11) is 2.91. The molecule has 1 aromatic heterocycles. The Morgan fingerprint density at radius 3 is 2.37 bits per heavy atom. The van der Waals surface area contributed by atoms with Crippen LogP contribution in [0.3, 0.4) is 0 Å². The molecule has 5 heteroatoms. The summed E-state index contributed by atoms with van der Waals surface area (Å²) in [4.78, 5) is 24.1. The van der Waals surface area contributed by atoms with Crippen molar-refractivity contribution in [2.45, 2.75) is 0 Å². The molecule has 0 aliphatic carbocycles. The molecule has 0 amide bonds. The smallest absolute Gasteiger partial charge is 0.338 e. The monoisotopic (exact) mass is 362 g/mol. The number of benzene rings is 2. The van der Waals surface area contributed by atoms with Crippen molar-refractivity contribution in [2.75, 3.05) is 14.2 Å². The van der Waals surface area contributed by atoms with Crippen LogP contribution in [0.1, 0.15) is 26.5 Å². The Morgan fingerprint density at radius 2 is 1.67 bits per heavy atom. The summed E-state index contributed by atoms with van der Waals surface area (Å²) in [6.07, 6.45) is 3.04. The van der Waals surface area contributed by atoms with Gasteiger partial charge in [-0.25, -0.2) is 4.79 Å². The highest BCUT2D eigenvalue weighted by Gasteiger charge is 2.15. The van der Waals surface area contributed by atoms with E-state index in [-0.39, 0.29) is 5.78 Å². The number of ketones is 1. The Morgan fingerprint density at radius 1 is 0.926 bits per heavy atom. The summed E-state index contributed by atoms with van der Waals surface area (Å²) >= 11 is 0. The Balaban J connectivity index is 1.79. The van der Waals surface area contributed by atoms with E-state index in [2.05, 4.69) is 0 Å². The van der Waals surface area contributed by atoms with Gasteiger partial charge in [0.15, 0.2) is 5.78 Å². The fraction of sp³-hybridized carbons (Fsp3) is 0.0909. The molecule has 0 aliphatic heterocycles. The Hall–Kier alpha value is -3.60. The van der Waals surface area contributed by atoms with Crippen LogP contribution in [0.2, 0.25) is 0 Å². The van der Waals surface area contributed by atoms with Gasteiger partial charge < -0.3 is 13.9 Å². The number of furan rings is 1. The van der Waals surface area contributed by atoms with Crippen LogP contribution in [0.4, 0.5) is 0 Å². The van der Waals surface area contributed by atoms with Crippen LogP contribution < -0.4 is 4.74 Å². The molecule has 3 aromatic rings. The second kappa shape index (κ2) is 8.19. The minimum Gasteiger partial charge on any atom is -0.497 e. The predicted octanol–water partition coefficient (Wildman–Crippen LogP) is 4.64. The van der Waals surface area contributed by atoms with E-state index in [9.17, 15) is 9.59 Å². The highest BCUT2D eigenvalue weighted by molar-refractivity contribution is 6.06. The van der Waals surface area contributed by atoms with Crippen molar-refractivity contribution in [3.63, 3.8) is 0 Å². The van der Waals surface area contributed by atoms with Gasteiger partial charge >= 0.3 is 5.97 Å². The first-order chi connectivity index (χ1) is 13.1. The molecule has 5 nitrogen and oxygen atoms in total. The van der Waals surface area contributed by atoms with Crippen molar-refractivity contribution in [1.29, 1.82) is 0 Å². The highest BCUT2D eigenvalue weighted by Crippen LogP contribution is 2.27. The number of allylic oxidation sites excluding steroid dienone is 1. The first-order valence-corrected chi connectivity index (χ1v) is 8.26. The third kappa shape index (κ3) is 4.15. The van der Waals surface area contributed by atoms with Crippen LogP contribution in [0.25, 0.3) is 17.4 Å². The minimum absolute atomic E-state index is 0.148. The molecule has 0 saturated heterocycles. The number of carbonyl (C=O) groups is 2. The van der Waals surface area contributed by atoms with Gasteiger partial charge in [0, 0.05) is 11.1 Å². The third-order valence-electron chi connectivity index (χ3n) is 4.00. The van der Waals surface area contributed by atoms with E-state index in [1.54, 1.807) is 67.8 Å². The average Bonchev–Trinajstić information content (AvgIpc) is 3.20. The molecule has 0 fully saturated rings. The molecule has 0 spiro atoms. The lowest BCUT2D eigenvalue weighted by atomic mass is 10.1. The van der Waals surface area contributed by atoms with Gasteiger partial charge in [-0.1, -0.05) is 18.2 Å². The second-order valence-electron chi connectivity index (χ2n) is 5.67. The van der Waals surface area contributed by atoms with Crippen molar-refractivity contribution in [3.8, 4) is 17.1 Å². The maximum Gasteiger partial charge on any atom is 0.338 e. The van der Waals surface area contributed by atoms with Crippen molar-refractivity contribution >= 4 is 17.8 Å². The molecule has 27 heavy (non-hydrogen) atoms. The average molecular weight is 362 g/mol. The number of hydrogen-bond acceptors (Lipinski definition) is 5. The van der Waals surface area contributed by atoms with Crippen LogP contribution in [0.5, 0.6) is 5.75 Å². The first kappa shape index (κ1) is 18.2. The molecule has 0 N–H and O–H groups in total. The molecule has 3 rings (SSSR count). The van der Waals surface area contributed by atoms with Crippen LogP contribution in [0.15, 0.2) is 71.2 Å². The normalized spacial score (nSPS) is 10.7. The lowest BCUT2D eigenvalue weighted by Gasteiger charge is -2.04. The fourth-order valence-electron chi connectivity index (χ4n) is 2.58. The number of ether oxygens (including phenoxy) is 2. The van der Waals surface area contributed by atoms with Crippen LogP contribution in [-0.4, -0.2) is 26.0 Å². The lowest BCUT2D eigenvalue weighted by molar-refractivity contribution is 0.0601. The van der Waals surface area contributed by atoms with Crippen LogP contribution in [0, 0.1) is 0 Å². The van der Waals surface area contributed by atoms with Gasteiger partial charge in [0.05, 0.1) is 19.8 Å². The first-order valence-electron chi connectivity index (χ1n) is 8.26. The lowest BCUT2D eigenvalue weighted by Crippen LogP contribution is -2.02.